The molecule has 0 aliphatic heterocycles. The Morgan fingerprint density at radius 2 is 1.85 bits per heavy atom. The van der Waals surface area contributed by atoms with Gasteiger partial charge in [0.25, 0.3) is 5.91 Å². The Hall–Kier alpha value is -3.63. The van der Waals surface area contributed by atoms with Gasteiger partial charge in [0.2, 0.25) is 0 Å². The number of carbonyl (C=O) groups is 3. The summed E-state index contributed by atoms with van der Waals surface area (Å²) in [6.45, 7) is 2.41. The summed E-state index contributed by atoms with van der Waals surface area (Å²) in [5.41, 5.74) is 4.19. The van der Waals surface area contributed by atoms with Gasteiger partial charge in [-0.15, -0.1) is 0 Å². The SMILES string of the molecule is COCCCNC(=O)C(=O)N/N=C\c1ccc(OCC(=O)Nc2cc(Cl)ccc2C)c(OC)c1. The average molecular weight is 491 g/mol. The number of hydrazone groups is 1. The number of nitrogens with one attached hydrogen (secondary N) is 3. The molecule has 0 spiro atoms. The molecule has 11 heteroatoms. The zero-order valence-electron chi connectivity index (χ0n) is 19.1. The fraction of sp³-hybridized carbons (Fsp3) is 0.304. The molecule has 2 rings (SSSR count). The number of amides is 3. The van der Waals surface area contributed by atoms with Gasteiger partial charge in [0.15, 0.2) is 18.1 Å². The van der Waals surface area contributed by atoms with Crippen LogP contribution in [0.5, 0.6) is 11.5 Å². The van der Waals surface area contributed by atoms with Crippen LogP contribution in [0.25, 0.3) is 0 Å². The normalized spacial score (nSPS) is 10.6. The van der Waals surface area contributed by atoms with Crippen molar-refractivity contribution in [1.29, 1.82) is 0 Å². The van der Waals surface area contributed by atoms with Crippen molar-refractivity contribution < 1.29 is 28.6 Å². The fourth-order valence-corrected chi connectivity index (χ4v) is 2.83. The molecule has 10 nitrogen and oxygen atoms in total. The van der Waals surface area contributed by atoms with Gasteiger partial charge in [-0.1, -0.05) is 17.7 Å². The maximum atomic E-state index is 12.3. The Bertz CT molecular complexity index is 1040. The predicted molar refractivity (Wildman–Crippen MR) is 129 cm³/mol. The van der Waals surface area contributed by atoms with Gasteiger partial charge in [-0.2, -0.15) is 5.10 Å². The number of aryl methyl sites for hydroxylation is 1. The number of carbonyl (C=O) groups excluding carboxylic acids is 3. The molecule has 2 aromatic rings. The van der Waals surface area contributed by atoms with Gasteiger partial charge >= 0.3 is 11.8 Å². The molecule has 0 aliphatic carbocycles. The third-order valence-electron chi connectivity index (χ3n) is 4.42. The van der Waals surface area contributed by atoms with Gasteiger partial charge in [0, 0.05) is 31.0 Å². The lowest BCUT2D eigenvalue weighted by Crippen LogP contribution is -2.38. The Balaban J connectivity index is 1.88. The zero-order valence-corrected chi connectivity index (χ0v) is 19.9. The molecule has 0 radical (unpaired) electrons. The second-order valence-electron chi connectivity index (χ2n) is 7.01. The third kappa shape index (κ3) is 8.72. The highest BCUT2D eigenvalue weighted by Gasteiger charge is 2.12. The van der Waals surface area contributed by atoms with Crippen molar-refractivity contribution in [3.05, 3.63) is 52.5 Å². The van der Waals surface area contributed by atoms with E-state index >= 15 is 0 Å². The van der Waals surface area contributed by atoms with Gasteiger partial charge < -0.3 is 24.8 Å². The van der Waals surface area contributed by atoms with Crippen molar-refractivity contribution in [3.63, 3.8) is 0 Å². The average Bonchev–Trinajstić information content (AvgIpc) is 2.82. The minimum Gasteiger partial charge on any atom is -0.493 e. The summed E-state index contributed by atoms with van der Waals surface area (Å²) in [5.74, 6) is -1.33. The van der Waals surface area contributed by atoms with Crippen LogP contribution >= 0.6 is 11.6 Å². The molecule has 0 atom stereocenters. The molecule has 34 heavy (non-hydrogen) atoms. The number of halogens is 1. The number of anilines is 1. The van der Waals surface area contributed by atoms with E-state index in [1.54, 1.807) is 43.5 Å². The summed E-state index contributed by atoms with van der Waals surface area (Å²) in [7, 11) is 3.01. The lowest BCUT2D eigenvalue weighted by atomic mass is 10.2. The number of rotatable bonds is 11. The molecule has 0 heterocycles. The van der Waals surface area contributed by atoms with Crippen molar-refractivity contribution in [2.75, 3.05) is 39.3 Å². The number of methoxy groups -OCH3 is 2. The Morgan fingerprint density at radius 1 is 1.06 bits per heavy atom. The maximum absolute atomic E-state index is 12.3. The lowest BCUT2D eigenvalue weighted by molar-refractivity contribution is -0.139. The van der Waals surface area contributed by atoms with E-state index < -0.39 is 11.8 Å². The summed E-state index contributed by atoms with van der Waals surface area (Å²) in [6, 6.07) is 10.1. The molecule has 0 bridgehead atoms. The molecular formula is C23H27ClN4O6. The second kappa shape index (κ2) is 13.8. The molecule has 182 valence electrons. The van der Waals surface area contributed by atoms with Crippen LogP contribution in [0, 0.1) is 6.92 Å². The molecule has 2 aromatic carbocycles. The minimum atomic E-state index is -0.887. The largest absolute Gasteiger partial charge is 0.493 e. The highest BCUT2D eigenvalue weighted by molar-refractivity contribution is 6.35. The van der Waals surface area contributed by atoms with Crippen molar-refractivity contribution in [2.45, 2.75) is 13.3 Å². The summed E-state index contributed by atoms with van der Waals surface area (Å²) in [5, 5.41) is 9.48. The van der Waals surface area contributed by atoms with E-state index in [0.29, 0.717) is 47.3 Å². The van der Waals surface area contributed by atoms with Gasteiger partial charge in [0.05, 0.1) is 13.3 Å². The molecule has 0 saturated heterocycles. The van der Waals surface area contributed by atoms with Crippen LogP contribution in [0.4, 0.5) is 5.69 Å². The van der Waals surface area contributed by atoms with Gasteiger partial charge in [0.1, 0.15) is 0 Å². The molecular weight excluding hydrogens is 464 g/mol. The first-order chi connectivity index (χ1) is 16.3. The number of nitrogens with zero attached hydrogens (tertiary/aromatic N) is 1. The van der Waals surface area contributed by atoms with E-state index in [1.165, 1.54) is 13.3 Å². The number of hydrogen-bond donors (Lipinski definition) is 3. The molecule has 0 aliphatic rings. The van der Waals surface area contributed by atoms with E-state index in [4.69, 9.17) is 25.8 Å². The predicted octanol–water partition coefficient (Wildman–Crippen LogP) is 2.28. The van der Waals surface area contributed by atoms with Crippen LogP contribution in [-0.4, -0.2) is 57.9 Å². The van der Waals surface area contributed by atoms with Crippen LogP contribution in [-0.2, 0) is 19.1 Å². The first kappa shape index (κ1) is 26.6. The Kier molecular flexibility index (Phi) is 10.8. The molecule has 0 saturated carbocycles. The van der Waals surface area contributed by atoms with Crippen LogP contribution in [0.3, 0.4) is 0 Å². The van der Waals surface area contributed by atoms with E-state index in [9.17, 15) is 14.4 Å². The molecule has 0 aromatic heterocycles. The van der Waals surface area contributed by atoms with Crippen LogP contribution in [0.1, 0.15) is 17.5 Å². The van der Waals surface area contributed by atoms with E-state index in [2.05, 4.69) is 21.2 Å². The van der Waals surface area contributed by atoms with Gasteiger partial charge in [-0.05, 0) is 54.8 Å². The van der Waals surface area contributed by atoms with E-state index in [-0.39, 0.29) is 12.5 Å². The monoisotopic (exact) mass is 490 g/mol. The topological polar surface area (TPSA) is 127 Å². The Morgan fingerprint density at radius 3 is 2.59 bits per heavy atom. The number of hydrogen-bond acceptors (Lipinski definition) is 7. The molecule has 3 N–H and O–H groups in total. The second-order valence-corrected chi connectivity index (χ2v) is 7.44. The van der Waals surface area contributed by atoms with E-state index in [0.717, 1.165) is 5.56 Å². The maximum Gasteiger partial charge on any atom is 0.329 e. The lowest BCUT2D eigenvalue weighted by Gasteiger charge is -2.12. The molecule has 0 fully saturated rings. The van der Waals surface area contributed by atoms with Crippen LogP contribution < -0.4 is 25.5 Å². The fourth-order valence-electron chi connectivity index (χ4n) is 2.66. The smallest absolute Gasteiger partial charge is 0.329 e. The van der Waals surface area contributed by atoms with Crippen molar-refractivity contribution in [2.24, 2.45) is 5.10 Å². The van der Waals surface area contributed by atoms with Crippen LogP contribution in [0.15, 0.2) is 41.5 Å². The van der Waals surface area contributed by atoms with E-state index in [1.807, 2.05) is 6.92 Å². The minimum absolute atomic E-state index is 0.245. The summed E-state index contributed by atoms with van der Waals surface area (Å²) < 4.78 is 15.7. The number of benzene rings is 2. The molecule has 0 unspecified atom stereocenters. The van der Waals surface area contributed by atoms with Crippen molar-refractivity contribution >= 4 is 41.2 Å². The first-order valence-corrected chi connectivity index (χ1v) is 10.7. The Labute approximate surface area is 202 Å². The zero-order chi connectivity index (χ0) is 24.9. The summed E-state index contributed by atoms with van der Waals surface area (Å²) in [6.07, 6.45) is 1.94. The van der Waals surface area contributed by atoms with Crippen molar-refractivity contribution in [3.8, 4) is 11.5 Å². The number of ether oxygens (including phenoxy) is 3. The molecule has 3 amide bonds. The highest BCUT2D eigenvalue weighted by atomic mass is 35.5. The van der Waals surface area contributed by atoms with Gasteiger partial charge in [-0.25, -0.2) is 5.43 Å². The highest BCUT2D eigenvalue weighted by Crippen LogP contribution is 2.27. The first-order valence-electron chi connectivity index (χ1n) is 10.3. The van der Waals surface area contributed by atoms with Gasteiger partial charge in [-0.3, -0.25) is 14.4 Å². The van der Waals surface area contributed by atoms with Crippen LogP contribution in [0.2, 0.25) is 5.02 Å². The third-order valence-corrected chi connectivity index (χ3v) is 4.65. The standard InChI is InChI=1S/C23H27ClN4O6/c1-15-5-7-17(24)12-18(15)27-21(29)14-34-19-8-6-16(11-20(19)33-3)13-26-28-23(31)22(30)25-9-4-10-32-2/h5-8,11-13H,4,9-10,14H2,1-3H3,(H,25,30)(H,27,29)(H,28,31)/b26-13-. The summed E-state index contributed by atoms with van der Waals surface area (Å²) in [4.78, 5) is 35.6. The summed E-state index contributed by atoms with van der Waals surface area (Å²) >= 11 is 5.97. The van der Waals surface area contributed by atoms with Crippen molar-refractivity contribution in [1.82, 2.24) is 10.7 Å². The quantitative estimate of drug-likeness (QED) is 0.192.